The van der Waals surface area contributed by atoms with E-state index in [1.165, 1.54) is 73.5 Å². The summed E-state index contributed by atoms with van der Waals surface area (Å²) in [4.78, 5) is 0.0556. The minimum atomic E-state index is -3.55. The molecule has 7 heteroatoms. The maximum atomic E-state index is 12.8. The van der Waals surface area contributed by atoms with Crippen LogP contribution < -0.4 is 0 Å². The predicted octanol–water partition coefficient (Wildman–Crippen LogP) is 7.58. The Balaban J connectivity index is 2.44. The Bertz CT molecular complexity index is 715. The second-order valence-corrected chi connectivity index (χ2v) is 13.6. The van der Waals surface area contributed by atoms with Crippen LogP contribution in [0.2, 0.25) is 0 Å². The molecule has 1 heterocycles. The fourth-order valence-corrected chi connectivity index (χ4v) is 9.12. The summed E-state index contributed by atoms with van der Waals surface area (Å²) < 4.78 is 51.1. The van der Waals surface area contributed by atoms with Crippen molar-refractivity contribution in [3.05, 3.63) is 10.8 Å². The fourth-order valence-electron chi connectivity index (χ4n) is 3.80. The van der Waals surface area contributed by atoms with Crippen LogP contribution in [0.15, 0.2) is 20.6 Å². The molecular weight excluding hydrogens is 448 g/mol. The van der Waals surface area contributed by atoms with E-state index in [9.17, 15) is 16.8 Å². The summed E-state index contributed by atoms with van der Waals surface area (Å²) in [5.41, 5.74) is 0. The van der Waals surface area contributed by atoms with E-state index in [0.717, 1.165) is 38.5 Å². The minimum absolute atomic E-state index is 0.0278. The van der Waals surface area contributed by atoms with Gasteiger partial charge in [-0.1, -0.05) is 104 Å². The second-order valence-electron chi connectivity index (χ2n) is 8.69. The summed E-state index contributed by atoms with van der Waals surface area (Å²) in [6.45, 7) is 4.39. The van der Waals surface area contributed by atoms with Crippen LogP contribution in [0.1, 0.15) is 117 Å². The van der Waals surface area contributed by atoms with Crippen LogP contribution in [0.25, 0.3) is 0 Å². The summed E-state index contributed by atoms with van der Waals surface area (Å²) in [7, 11) is -7.10. The Kier molecular flexibility index (Phi) is 15.0. The Morgan fingerprint density at radius 2 is 0.806 bits per heavy atom. The average Bonchev–Trinajstić information content (AvgIpc) is 3.24. The molecule has 1 aromatic heterocycles. The maximum absolute atomic E-state index is 12.8. The largest absolute Gasteiger partial charge is 0.224 e. The molecule has 31 heavy (non-hydrogen) atoms. The van der Waals surface area contributed by atoms with Crippen LogP contribution in [-0.2, 0) is 19.7 Å². The molecule has 0 bridgehead atoms. The second kappa shape index (κ2) is 16.2. The Morgan fingerprint density at radius 1 is 0.516 bits per heavy atom. The Hall–Kier alpha value is -0.400. The fraction of sp³-hybridized carbons (Fsp3) is 0.833. The molecule has 0 aliphatic rings. The summed E-state index contributed by atoms with van der Waals surface area (Å²) >= 11 is 1.17. The standard InChI is InChI=1S/C24H44O4S3/c1-3-5-7-9-11-13-15-17-19-30(25,26)23-21-29-22-24(23)31(27,28)20-18-16-14-12-10-8-6-4-2/h21-22H,3-20H2,1-2H3. The van der Waals surface area contributed by atoms with Gasteiger partial charge in [0.25, 0.3) is 0 Å². The lowest BCUT2D eigenvalue weighted by Crippen LogP contribution is -2.13. The van der Waals surface area contributed by atoms with Gasteiger partial charge in [0.2, 0.25) is 0 Å². The summed E-state index contributed by atoms with van der Waals surface area (Å²) in [5, 5.41) is 3.00. The SMILES string of the molecule is CCCCCCCCCCS(=O)(=O)c1cscc1S(=O)(=O)CCCCCCCCCC. The Morgan fingerprint density at radius 3 is 1.13 bits per heavy atom. The van der Waals surface area contributed by atoms with E-state index in [1.807, 2.05) is 0 Å². The molecule has 0 N–H and O–H groups in total. The third kappa shape index (κ3) is 11.9. The van der Waals surface area contributed by atoms with Gasteiger partial charge in [-0.05, 0) is 12.8 Å². The molecule has 182 valence electrons. The zero-order chi connectivity index (χ0) is 23.0. The lowest BCUT2D eigenvalue weighted by atomic mass is 10.1. The maximum Gasteiger partial charge on any atom is 0.180 e. The van der Waals surface area contributed by atoms with E-state index in [1.54, 1.807) is 0 Å². The highest BCUT2D eigenvalue weighted by molar-refractivity contribution is 7.94. The molecule has 0 saturated carbocycles. The number of hydrogen-bond acceptors (Lipinski definition) is 5. The van der Waals surface area contributed by atoms with Gasteiger partial charge in [0.05, 0.1) is 21.3 Å². The normalized spacial score (nSPS) is 12.5. The van der Waals surface area contributed by atoms with Crippen LogP contribution in [0.5, 0.6) is 0 Å². The van der Waals surface area contributed by atoms with Crippen molar-refractivity contribution in [1.29, 1.82) is 0 Å². The molecule has 1 rings (SSSR count). The number of thiophene rings is 1. The van der Waals surface area contributed by atoms with Crippen molar-refractivity contribution in [2.24, 2.45) is 0 Å². The lowest BCUT2D eigenvalue weighted by Gasteiger charge is -2.08. The highest BCUT2D eigenvalue weighted by atomic mass is 32.2. The number of hydrogen-bond donors (Lipinski definition) is 0. The molecular formula is C24H44O4S3. The Labute approximate surface area is 196 Å². The molecule has 0 amide bonds. The van der Waals surface area contributed by atoms with Gasteiger partial charge in [-0.25, -0.2) is 16.8 Å². The third-order valence-corrected chi connectivity index (χ3v) is 10.6. The first kappa shape index (κ1) is 28.6. The molecule has 1 aromatic rings. The topological polar surface area (TPSA) is 68.3 Å². The summed E-state index contributed by atoms with van der Waals surface area (Å²) in [6.07, 6.45) is 17.3. The molecule has 0 fully saturated rings. The molecule has 0 spiro atoms. The van der Waals surface area contributed by atoms with E-state index in [4.69, 9.17) is 0 Å². The highest BCUT2D eigenvalue weighted by Gasteiger charge is 2.27. The van der Waals surface area contributed by atoms with E-state index < -0.39 is 19.7 Å². The molecule has 0 aliphatic heterocycles. The molecule has 0 aliphatic carbocycles. The average molecular weight is 493 g/mol. The van der Waals surface area contributed by atoms with Gasteiger partial charge in [-0.2, -0.15) is 0 Å². The smallest absolute Gasteiger partial charge is 0.180 e. The first-order valence-electron chi connectivity index (χ1n) is 12.4. The molecule has 0 atom stereocenters. The predicted molar refractivity (Wildman–Crippen MR) is 134 cm³/mol. The first-order valence-corrected chi connectivity index (χ1v) is 16.6. The summed E-state index contributed by atoms with van der Waals surface area (Å²) in [6, 6.07) is 0. The van der Waals surface area contributed by atoms with Crippen molar-refractivity contribution in [1.82, 2.24) is 0 Å². The van der Waals surface area contributed by atoms with Crippen LogP contribution in [-0.4, -0.2) is 28.3 Å². The quantitative estimate of drug-likeness (QED) is 0.176. The lowest BCUT2D eigenvalue weighted by molar-refractivity contribution is 0.566. The molecule has 0 saturated heterocycles. The van der Waals surface area contributed by atoms with Gasteiger partial charge >= 0.3 is 0 Å². The molecule has 0 unspecified atom stereocenters. The van der Waals surface area contributed by atoms with Gasteiger partial charge in [0.1, 0.15) is 0 Å². The van der Waals surface area contributed by atoms with Crippen molar-refractivity contribution in [2.75, 3.05) is 11.5 Å². The van der Waals surface area contributed by atoms with Crippen LogP contribution >= 0.6 is 11.3 Å². The van der Waals surface area contributed by atoms with Crippen molar-refractivity contribution < 1.29 is 16.8 Å². The van der Waals surface area contributed by atoms with Crippen molar-refractivity contribution in [2.45, 2.75) is 126 Å². The third-order valence-electron chi connectivity index (χ3n) is 5.80. The van der Waals surface area contributed by atoms with Crippen molar-refractivity contribution in [3.63, 3.8) is 0 Å². The monoisotopic (exact) mass is 492 g/mol. The van der Waals surface area contributed by atoms with E-state index in [-0.39, 0.29) is 21.3 Å². The van der Waals surface area contributed by atoms with Crippen molar-refractivity contribution in [3.8, 4) is 0 Å². The molecule has 0 aromatic carbocycles. The van der Waals surface area contributed by atoms with Crippen LogP contribution in [0, 0.1) is 0 Å². The van der Waals surface area contributed by atoms with Gasteiger partial charge in [-0.3, -0.25) is 0 Å². The number of sulfone groups is 2. The highest BCUT2D eigenvalue weighted by Crippen LogP contribution is 2.28. The number of unbranched alkanes of at least 4 members (excludes halogenated alkanes) is 14. The van der Waals surface area contributed by atoms with Crippen LogP contribution in [0.3, 0.4) is 0 Å². The molecule has 0 radical (unpaired) electrons. The zero-order valence-corrected chi connectivity index (χ0v) is 22.2. The summed E-state index contributed by atoms with van der Waals surface area (Å²) in [5.74, 6) is 0.0813. The van der Waals surface area contributed by atoms with Gasteiger partial charge in [0, 0.05) is 10.8 Å². The molecule has 4 nitrogen and oxygen atoms in total. The first-order chi connectivity index (χ1) is 14.8. The van der Waals surface area contributed by atoms with E-state index in [2.05, 4.69) is 13.8 Å². The minimum Gasteiger partial charge on any atom is -0.224 e. The van der Waals surface area contributed by atoms with Crippen molar-refractivity contribution >= 4 is 31.0 Å². The van der Waals surface area contributed by atoms with Gasteiger partial charge < -0.3 is 0 Å². The number of rotatable bonds is 20. The van der Waals surface area contributed by atoms with Gasteiger partial charge in [-0.15, -0.1) is 11.3 Å². The zero-order valence-electron chi connectivity index (χ0n) is 19.7. The van der Waals surface area contributed by atoms with E-state index >= 15 is 0 Å². The van der Waals surface area contributed by atoms with Crippen LogP contribution in [0.4, 0.5) is 0 Å². The van der Waals surface area contributed by atoms with Gasteiger partial charge in [0.15, 0.2) is 19.7 Å². The van der Waals surface area contributed by atoms with E-state index in [0.29, 0.717) is 12.8 Å².